The zero-order chi connectivity index (χ0) is 9.84. The lowest BCUT2D eigenvalue weighted by molar-refractivity contribution is 0.101. The molecule has 4 heteroatoms. The van der Waals surface area contributed by atoms with Crippen molar-refractivity contribution in [2.75, 3.05) is 7.05 Å². The quantitative estimate of drug-likeness (QED) is 0.769. The van der Waals surface area contributed by atoms with Crippen molar-refractivity contribution < 1.29 is 13.2 Å². The molecule has 1 N–H and O–H groups in total. The molecular formula is C9H10F3N. The van der Waals surface area contributed by atoms with Crippen LogP contribution in [0.15, 0.2) is 24.3 Å². The first kappa shape index (κ1) is 10.1. The van der Waals surface area contributed by atoms with E-state index in [9.17, 15) is 13.2 Å². The normalized spacial score (nSPS) is 13.3. The Labute approximate surface area is 74.6 Å². The highest BCUT2D eigenvalue weighted by molar-refractivity contribution is 5.21. The van der Waals surface area contributed by atoms with Crippen LogP contribution in [0.4, 0.5) is 13.2 Å². The molecule has 0 amide bonds. The second-order valence-corrected chi connectivity index (χ2v) is 2.62. The van der Waals surface area contributed by atoms with Gasteiger partial charge in [-0.1, -0.05) is 18.2 Å². The third-order valence-corrected chi connectivity index (χ3v) is 1.80. The van der Waals surface area contributed by atoms with Crippen LogP contribution in [0.1, 0.15) is 11.6 Å². The average Bonchev–Trinajstić information content (AvgIpc) is 2.09. The summed E-state index contributed by atoms with van der Waals surface area (Å²) in [6.45, 7) is 0. The van der Waals surface area contributed by atoms with Crippen molar-refractivity contribution in [3.05, 3.63) is 35.6 Å². The zero-order valence-corrected chi connectivity index (χ0v) is 7.10. The van der Waals surface area contributed by atoms with Crippen LogP contribution in [0.5, 0.6) is 0 Å². The highest BCUT2D eigenvalue weighted by Gasteiger charge is 2.22. The first-order chi connectivity index (χ1) is 6.16. The molecule has 1 aromatic carbocycles. The Balaban J connectivity index is 2.97. The summed E-state index contributed by atoms with van der Waals surface area (Å²) in [5, 5.41) is 2.37. The van der Waals surface area contributed by atoms with E-state index < -0.39 is 18.3 Å². The van der Waals surface area contributed by atoms with Crippen molar-refractivity contribution in [2.45, 2.75) is 12.5 Å². The summed E-state index contributed by atoms with van der Waals surface area (Å²) in [4.78, 5) is 0. The van der Waals surface area contributed by atoms with Crippen LogP contribution < -0.4 is 5.32 Å². The summed E-state index contributed by atoms with van der Waals surface area (Å²) in [5.41, 5.74) is 0.000000000000000222. The van der Waals surface area contributed by atoms with Crippen molar-refractivity contribution in [1.29, 1.82) is 0 Å². The first-order valence-corrected chi connectivity index (χ1v) is 3.86. The number of hydrogen-bond acceptors (Lipinski definition) is 1. The minimum atomic E-state index is -2.61. The predicted molar refractivity (Wildman–Crippen MR) is 44.2 cm³/mol. The SMILES string of the molecule is CNC(c1ccccc1F)C(F)F. The van der Waals surface area contributed by atoms with E-state index in [1.807, 2.05) is 0 Å². The third-order valence-electron chi connectivity index (χ3n) is 1.80. The molecule has 0 aliphatic heterocycles. The molecule has 0 radical (unpaired) electrons. The molecule has 0 aliphatic rings. The lowest BCUT2D eigenvalue weighted by atomic mass is 10.1. The molecule has 1 atom stereocenters. The number of hydrogen-bond donors (Lipinski definition) is 1. The fourth-order valence-electron chi connectivity index (χ4n) is 1.14. The largest absolute Gasteiger partial charge is 0.308 e. The Hall–Kier alpha value is -1.03. The first-order valence-electron chi connectivity index (χ1n) is 3.86. The minimum absolute atomic E-state index is 0.000000000000000222. The molecule has 0 fully saturated rings. The minimum Gasteiger partial charge on any atom is -0.308 e. The lowest BCUT2D eigenvalue weighted by Gasteiger charge is -2.15. The maximum absolute atomic E-state index is 13.0. The van der Waals surface area contributed by atoms with Gasteiger partial charge in [0.1, 0.15) is 5.82 Å². The third kappa shape index (κ3) is 2.21. The van der Waals surface area contributed by atoms with Gasteiger partial charge in [-0.25, -0.2) is 13.2 Å². The van der Waals surface area contributed by atoms with Gasteiger partial charge in [-0.05, 0) is 13.1 Å². The molecule has 0 saturated carbocycles. The molecule has 0 aliphatic carbocycles. The van der Waals surface area contributed by atoms with Gasteiger partial charge in [-0.15, -0.1) is 0 Å². The van der Waals surface area contributed by atoms with E-state index in [1.165, 1.54) is 31.3 Å². The number of halogens is 3. The Morgan fingerprint density at radius 3 is 2.31 bits per heavy atom. The van der Waals surface area contributed by atoms with Gasteiger partial charge in [-0.3, -0.25) is 0 Å². The Morgan fingerprint density at radius 1 is 1.23 bits per heavy atom. The van der Waals surface area contributed by atoms with Gasteiger partial charge in [-0.2, -0.15) is 0 Å². The van der Waals surface area contributed by atoms with Crippen molar-refractivity contribution in [3.8, 4) is 0 Å². The summed E-state index contributed by atoms with van der Waals surface area (Å²) in [6, 6.07) is 4.29. The molecule has 0 spiro atoms. The van der Waals surface area contributed by atoms with Gasteiger partial charge in [0.25, 0.3) is 6.43 Å². The molecule has 1 rings (SSSR count). The molecule has 1 aromatic rings. The fraction of sp³-hybridized carbons (Fsp3) is 0.333. The molecule has 1 nitrogen and oxygen atoms in total. The van der Waals surface area contributed by atoms with Crippen molar-refractivity contribution in [3.63, 3.8) is 0 Å². The van der Waals surface area contributed by atoms with E-state index in [4.69, 9.17) is 0 Å². The maximum atomic E-state index is 13.0. The van der Waals surface area contributed by atoms with Crippen LogP contribution in [0, 0.1) is 5.82 Å². The number of nitrogens with one attached hydrogen (secondary N) is 1. The predicted octanol–water partition coefficient (Wildman–Crippen LogP) is 2.35. The summed E-state index contributed by atoms with van der Waals surface area (Å²) in [5.74, 6) is -0.609. The molecule has 0 saturated heterocycles. The topological polar surface area (TPSA) is 12.0 Å². The summed E-state index contributed by atoms with van der Waals surface area (Å²) >= 11 is 0. The van der Waals surface area contributed by atoms with Crippen LogP contribution in [-0.2, 0) is 0 Å². The average molecular weight is 189 g/mol. The molecule has 13 heavy (non-hydrogen) atoms. The molecule has 0 heterocycles. The van der Waals surface area contributed by atoms with Crippen LogP contribution in [0.3, 0.4) is 0 Å². The molecule has 72 valence electrons. The van der Waals surface area contributed by atoms with E-state index in [0.29, 0.717) is 0 Å². The van der Waals surface area contributed by atoms with E-state index >= 15 is 0 Å². The van der Waals surface area contributed by atoms with Gasteiger partial charge < -0.3 is 5.32 Å². The highest BCUT2D eigenvalue weighted by atomic mass is 19.3. The highest BCUT2D eigenvalue weighted by Crippen LogP contribution is 2.22. The van der Waals surface area contributed by atoms with E-state index in [0.717, 1.165) is 0 Å². The van der Waals surface area contributed by atoms with Crippen molar-refractivity contribution >= 4 is 0 Å². The van der Waals surface area contributed by atoms with Crippen LogP contribution >= 0.6 is 0 Å². The van der Waals surface area contributed by atoms with Gasteiger partial charge in [0, 0.05) is 5.56 Å². The second-order valence-electron chi connectivity index (χ2n) is 2.62. The van der Waals surface area contributed by atoms with Gasteiger partial charge in [0.2, 0.25) is 0 Å². The number of alkyl halides is 2. The van der Waals surface area contributed by atoms with Gasteiger partial charge in [0.05, 0.1) is 6.04 Å². The smallest absolute Gasteiger partial charge is 0.257 e. The van der Waals surface area contributed by atoms with Crippen molar-refractivity contribution in [1.82, 2.24) is 5.32 Å². The lowest BCUT2D eigenvalue weighted by Crippen LogP contribution is -2.24. The molecular weight excluding hydrogens is 179 g/mol. The maximum Gasteiger partial charge on any atom is 0.257 e. The summed E-state index contributed by atoms with van der Waals surface area (Å²) in [6.07, 6.45) is -2.61. The standard InChI is InChI=1S/C9H10F3N/c1-13-8(9(11)12)6-4-2-3-5-7(6)10/h2-5,8-9,13H,1H3. The van der Waals surface area contributed by atoms with E-state index in [-0.39, 0.29) is 5.56 Å². The Morgan fingerprint density at radius 2 is 1.85 bits per heavy atom. The van der Waals surface area contributed by atoms with Gasteiger partial charge >= 0.3 is 0 Å². The monoisotopic (exact) mass is 189 g/mol. The van der Waals surface area contributed by atoms with Crippen molar-refractivity contribution in [2.24, 2.45) is 0 Å². The van der Waals surface area contributed by atoms with Gasteiger partial charge in [0.15, 0.2) is 0 Å². The number of rotatable bonds is 3. The Kier molecular flexibility index (Phi) is 3.31. The molecule has 0 aromatic heterocycles. The summed E-state index contributed by atoms with van der Waals surface area (Å²) < 4.78 is 37.7. The molecule has 0 bridgehead atoms. The number of benzene rings is 1. The van der Waals surface area contributed by atoms with E-state index in [2.05, 4.69) is 5.32 Å². The van der Waals surface area contributed by atoms with E-state index in [1.54, 1.807) is 0 Å². The summed E-state index contributed by atoms with van der Waals surface area (Å²) in [7, 11) is 1.38. The Bertz CT molecular complexity index is 275. The van der Waals surface area contributed by atoms with Crippen LogP contribution in [0.25, 0.3) is 0 Å². The van der Waals surface area contributed by atoms with Crippen LogP contribution in [0.2, 0.25) is 0 Å². The molecule has 1 unspecified atom stereocenters. The fourth-order valence-corrected chi connectivity index (χ4v) is 1.14. The van der Waals surface area contributed by atoms with Crippen LogP contribution in [-0.4, -0.2) is 13.5 Å². The zero-order valence-electron chi connectivity index (χ0n) is 7.10. The second kappa shape index (κ2) is 4.28.